The van der Waals surface area contributed by atoms with Crippen molar-refractivity contribution in [3.8, 4) is 0 Å². The minimum atomic E-state index is 0.00701. The average molecular weight is 250 g/mol. The lowest BCUT2D eigenvalue weighted by atomic mass is 9.99. The van der Waals surface area contributed by atoms with Crippen molar-refractivity contribution in [1.82, 2.24) is 4.98 Å². The lowest BCUT2D eigenvalue weighted by molar-refractivity contribution is 0.208. The van der Waals surface area contributed by atoms with E-state index in [2.05, 4.69) is 15.0 Å². The Labute approximate surface area is 106 Å². The van der Waals surface area contributed by atoms with Gasteiger partial charge in [-0.3, -0.25) is 0 Å². The summed E-state index contributed by atoms with van der Waals surface area (Å²) in [7, 11) is 0. The zero-order valence-electron chi connectivity index (χ0n) is 10.2. The molecule has 1 unspecified atom stereocenters. The van der Waals surface area contributed by atoms with Crippen LogP contribution in [0, 0.1) is 5.92 Å². The quantitative estimate of drug-likeness (QED) is 0.312. The van der Waals surface area contributed by atoms with Crippen LogP contribution in [0.2, 0.25) is 0 Å². The molecule has 0 aromatic carbocycles. The third kappa shape index (κ3) is 2.70. The van der Waals surface area contributed by atoms with Crippen LogP contribution in [-0.2, 0) is 0 Å². The molecule has 1 atom stereocenters. The molecule has 1 aliphatic heterocycles. The van der Waals surface area contributed by atoms with Crippen LogP contribution >= 0.6 is 0 Å². The van der Waals surface area contributed by atoms with Crippen LogP contribution in [-0.4, -0.2) is 40.8 Å². The summed E-state index contributed by atoms with van der Waals surface area (Å²) in [6.45, 7) is 1.92. The number of hydrogen-bond donors (Lipinski definition) is 3. The van der Waals surface area contributed by atoms with Crippen LogP contribution in [0.4, 0.5) is 5.82 Å². The summed E-state index contributed by atoms with van der Waals surface area (Å²) in [5, 5.41) is 20.8. The molecule has 4 N–H and O–H groups in total. The lowest BCUT2D eigenvalue weighted by Crippen LogP contribution is -2.37. The normalized spacial score (nSPS) is 21.1. The number of pyridine rings is 1. The van der Waals surface area contributed by atoms with E-state index in [-0.39, 0.29) is 12.4 Å². The zero-order chi connectivity index (χ0) is 13.0. The Morgan fingerprint density at radius 1 is 1.56 bits per heavy atom. The van der Waals surface area contributed by atoms with Gasteiger partial charge in [0.2, 0.25) is 0 Å². The van der Waals surface area contributed by atoms with E-state index in [0.717, 1.165) is 31.7 Å². The first-order chi connectivity index (χ1) is 8.74. The van der Waals surface area contributed by atoms with Crippen LogP contribution in [0.25, 0.3) is 0 Å². The SMILES string of the molecule is NC(=NO)c1cccc(N2CCCC(CO)C2)n1. The molecule has 6 heteroatoms. The third-order valence-corrected chi connectivity index (χ3v) is 3.21. The minimum Gasteiger partial charge on any atom is -0.409 e. The topological polar surface area (TPSA) is 95.0 Å². The Morgan fingerprint density at radius 2 is 2.39 bits per heavy atom. The van der Waals surface area contributed by atoms with E-state index in [4.69, 9.17) is 10.9 Å². The second kappa shape index (κ2) is 5.68. The molecule has 1 aliphatic rings. The highest BCUT2D eigenvalue weighted by atomic mass is 16.4. The van der Waals surface area contributed by atoms with Crippen LogP contribution in [0.1, 0.15) is 18.5 Å². The Bertz CT molecular complexity index is 436. The first-order valence-corrected chi connectivity index (χ1v) is 6.05. The second-order valence-electron chi connectivity index (χ2n) is 4.50. The van der Waals surface area contributed by atoms with Gasteiger partial charge in [0.15, 0.2) is 5.84 Å². The standard InChI is InChI=1S/C12H18N4O2/c13-12(15-18)10-4-1-5-11(14-10)16-6-2-3-9(7-16)8-17/h1,4-5,9,17-18H,2-3,6-8H2,(H2,13,15). The molecular weight excluding hydrogens is 232 g/mol. The number of anilines is 1. The lowest BCUT2D eigenvalue weighted by Gasteiger charge is -2.32. The number of piperidine rings is 1. The Morgan fingerprint density at radius 3 is 3.11 bits per heavy atom. The predicted octanol–water partition coefficient (Wildman–Crippen LogP) is 0.385. The number of aromatic nitrogens is 1. The fraction of sp³-hybridized carbons (Fsp3) is 0.500. The zero-order valence-corrected chi connectivity index (χ0v) is 10.2. The fourth-order valence-electron chi connectivity index (χ4n) is 2.22. The number of rotatable bonds is 3. The maximum atomic E-state index is 9.22. The summed E-state index contributed by atoms with van der Waals surface area (Å²) in [6, 6.07) is 5.43. The number of aliphatic hydroxyl groups is 1. The van der Waals surface area contributed by atoms with E-state index in [1.165, 1.54) is 0 Å². The number of hydrogen-bond acceptors (Lipinski definition) is 5. The monoisotopic (exact) mass is 250 g/mol. The van der Waals surface area contributed by atoms with Gasteiger partial charge in [-0.05, 0) is 30.9 Å². The van der Waals surface area contributed by atoms with Gasteiger partial charge >= 0.3 is 0 Å². The van der Waals surface area contributed by atoms with E-state index >= 15 is 0 Å². The molecule has 18 heavy (non-hydrogen) atoms. The third-order valence-electron chi connectivity index (χ3n) is 3.21. The van der Waals surface area contributed by atoms with Crippen LogP contribution in [0.15, 0.2) is 23.4 Å². The minimum absolute atomic E-state index is 0.00701. The number of nitrogens with zero attached hydrogens (tertiary/aromatic N) is 3. The van der Waals surface area contributed by atoms with E-state index in [1.54, 1.807) is 6.07 Å². The number of amidine groups is 1. The highest BCUT2D eigenvalue weighted by Gasteiger charge is 2.20. The van der Waals surface area contributed by atoms with Crippen LogP contribution in [0.3, 0.4) is 0 Å². The van der Waals surface area contributed by atoms with Crippen molar-refractivity contribution in [2.75, 3.05) is 24.6 Å². The van der Waals surface area contributed by atoms with Crippen molar-refractivity contribution < 1.29 is 10.3 Å². The van der Waals surface area contributed by atoms with Crippen molar-refractivity contribution in [3.63, 3.8) is 0 Å². The van der Waals surface area contributed by atoms with Gasteiger partial charge < -0.3 is 20.9 Å². The van der Waals surface area contributed by atoms with Crippen LogP contribution in [0.5, 0.6) is 0 Å². The molecular formula is C12H18N4O2. The van der Waals surface area contributed by atoms with Crippen molar-refractivity contribution in [2.45, 2.75) is 12.8 Å². The van der Waals surface area contributed by atoms with E-state index < -0.39 is 0 Å². The molecule has 0 amide bonds. The molecule has 1 fully saturated rings. The van der Waals surface area contributed by atoms with Gasteiger partial charge in [0.05, 0.1) is 0 Å². The molecule has 1 aromatic heterocycles. The molecule has 2 heterocycles. The molecule has 0 spiro atoms. The van der Waals surface area contributed by atoms with Gasteiger partial charge in [-0.1, -0.05) is 11.2 Å². The predicted molar refractivity (Wildman–Crippen MR) is 68.8 cm³/mol. The van der Waals surface area contributed by atoms with Crippen LogP contribution < -0.4 is 10.6 Å². The molecule has 6 nitrogen and oxygen atoms in total. The summed E-state index contributed by atoms with van der Waals surface area (Å²) in [6.07, 6.45) is 2.09. The van der Waals surface area contributed by atoms with Gasteiger partial charge in [0, 0.05) is 19.7 Å². The first kappa shape index (κ1) is 12.6. The van der Waals surface area contributed by atoms with E-state index in [9.17, 15) is 5.11 Å². The van der Waals surface area contributed by atoms with E-state index in [1.807, 2.05) is 12.1 Å². The highest BCUT2D eigenvalue weighted by molar-refractivity contribution is 5.95. The summed E-state index contributed by atoms with van der Waals surface area (Å²) in [4.78, 5) is 6.49. The highest BCUT2D eigenvalue weighted by Crippen LogP contribution is 2.21. The Balaban J connectivity index is 2.17. The Hall–Kier alpha value is -1.82. The van der Waals surface area contributed by atoms with Crippen molar-refractivity contribution in [3.05, 3.63) is 23.9 Å². The summed E-state index contributed by atoms with van der Waals surface area (Å²) >= 11 is 0. The molecule has 0 radical (unpaired) electrons. The maximum absolute atomic E-state index is 9.22. The first-order valence-electron chi connectivity index (χ1n) is 6.05. The average Bonchev–Trinajstić information content (AvgIpc) is 2.46. The van der Waals surface area contributed by atoms with E-state index in [0.29, 0.717) is 11.6 Å². The fourth-order valence-corrected chi connectivity index (χ4v) is 2.22. The van der Waals surface area contributed by atoms with Crippen molar-refractivity contribution >= 4 is 11.7 Å². The molecule has 98 valence electrons. The second-order valence-corrected chi connectivity index (χ2v) is 4.50. The van der Waals surface area contributed by atoms with Gasteiger partial charge in [0.25, 0.3) is 0 Å². The largest absolute Gasteiger partial charge is 0.409 e. The summed E-state index contributed by atoms with van der Waals surface area (Å²) < 4.78 is 0. The molecule has 1 saturated heterocycles. The summed E-state index contributed by atoms with van der Waals surface area (Å²) in [5.74, 6) is 1.11. The molecule has 1 aromatic rings. The van der Waals surface area contributed by atoms with Crippen molar-refractivity contribution in [1.29, 1.82) is 0 Å². The molecule has 0 aliphatic carbocycles. The number of nitrogens with two attached hydrogens (primary N) is 1. The molecule has 2 rings (SSSR count). The number of oxime groups is 1. The Kier molecular flexibility index (Phi) is 3.99. The molecule has 0 saturated carbocycles. The summed E-state index contributed by atoms with van der Waals surface area (Å²) in [5.41, 5.74) is 5.98. The van der Waals surface area contributed by atoms with Crippen molar-refractivity contribution in [2.24, 2.45) is 16.8 Å². The van der Waals surface area contributed by atoms with Gasteiger partial charge in [0.1, 0.15) is 11.5 Å². The smallest absolute Gasteiger partial charge is 0.188 e. The molecule has 0 bridgehead atoms. The van der Waals surface area contributed by atoms with Gasteiger partial charge in [-0.15, -0.1) is 0 Å². The maximum Gasteiger partial charge on any atom is 0.188 e. The van der Waals surface area contributed by atoms with Gasteiger partial charge in [-0.25, -0.2) is 4.98 Å². The number of aliphatic hydroxyl groups excluding tert-OH is 1. The van der Waals surface area contributed by atoms with Gasteiger partial charge in [-0.2, -0.15) is 0 Å².